The van der Waals surface area contributed by atoms with Crippen LogP contribution in [0.3, 0.4) is 0 Å². The summed E-state index contributed by atoms with van der Waals surface area (Å²) in [6, 6.07) is 6.21. The molecule has 0 radical (unpaired) electrons. The summed E-state index contributed by atoms with van der Waals surface area (Å²) >= 11 is 0. The Bertz CT molecular complexity index is 514. The predicted octanol–water partition coefficient (Wildman–Crippen LogP) is 3.02. The van der Waals surface area contributed by atoms with E-state index in [4.69, 9.17) is 4.74 Å². The first kappa shape index (κ1) is 12.0. The van der Waals surface area contributed by atoms with E-state index in [2.05, 4.69) is 36.3 Å². The maximum absolute atomic E-state index is 5.26. The minimum atomic E-state index is 0.514. The van der Waals surface area contributed by atoms with E-state index in [1.165, 1.54) is 16.6 Å². The molecule has 2 rings (SSSR count). The molecule has 0 saturated heterocycles. The number of fused-ring (bicyclic) bond motifs is 1. The summed E-state index contributed by atoms with van der Waals surface area (Å²) in [4.78, 5) is 3.48. The van der Waals surface area contributed by atoms with Gasteiger partial charge in [-0.05, 0) is 30.7 Å². The predicted molar refractivity (Wildman–Crippen MR) is 71.7 cm³/mol. The fraction of sp³-hybridized carbons (Fsp3) is 0.429. The topological polar surface area (TPSA) is 37.0 Å². The van der Waals surface area contributed by atoms with Crippen molar-refractivity contribution in [1.82, 2.24) is 10.3 Å². The third kappa shape index (κ3) is 2.15. The number of methoxy groups -OCH3 is 1. The lowest BCUT2D eigenvalue weighted by molar-refractivity contribution is 0.415. The van der Waals surface area contributed by atoms with Gasteiger partial charge >= 0.3 is 0 Å². The number of nitrogens with one attached hydrogen (secondary N) is 2. The molecule has 17 heavy (non-hydrogen) atoms. The van der Waals surface area contributed by atoms with Crippen molar-refractivity contribution in [1.29, 1.82) is 0 Å². The van der Waals surface area contributed by atoms with Gasteiger partial charge < -0.3 is 15.0 Å². The van der Waals surface area contributed by atoms with Crippen LogP contribution in [0.15, 0.2) is 18.2 Å². The summed E-state index contributed by atoms with van der Waals surface area (Å²) in [6.45, 7) is 5.32. The van der Waals surface area contributed by atoms with Gasteiger partial charge in [0.2, 0.25) is 0 Å². The zero-order chi connectivity index (χ0) is 12.4. The number of aromatic amines is 1. The Balaban J connectivity index is 2.61. The molecule has 0 aliphatic carbocycles. The van der Waals surface area contributed by atoms with Crippen LogP contribution < -0.4 is 10.1 Å². The standard InChI is InChI=1S/C14H20N2O/c1-9(2)14-11-6-5-10(17-4)7-12(11)16-13(14)8-15-3/h5-7,9,15-16H,8H2,1-4H3. The van der Waals surface area contributed by atoms with Crippen LogP contribution in [0, 0.1) is 0 Å². The molecule has 0 spiro atoms. The largest absolute Gasteiger partial charge is 0.497 e. The number of ether oxygens (including phenoxy) is 1. The number of aromatic nitrogens is 1. The SMILES string of the molecule is CNCc1[nH]c2cc(OC)ccc2c1C(C)C. The van der Waals surface area contributed by atoms with E-state index in [-0.39, 0.29) is 0 Å². The molecule has 2 aromatic rings. The zero-order valence-electron chi connectivity index (χ0n) is 10.9. The quantitative estimate of drug-likeness (QED) is 0.850. The van der Waals surface area contributed by atoms with Crippen molar-refractivity contribution in [3.05, 3.63) is 29.5 Å². The molecule has 2 N–H and O–H groups in total. The van der Waals surface area contributed by atoms with Crippen LogP contribution in [0.4, 0.5) is 0 Å². The van der Waals surface area contributed by atoms with E-state index in [1.54, 1.807) is 7.11 Å². The number of benzene rings is 1. The van der Waals surface area contributed by atoms with Gasteiger partial charge in [-0.15, -0.1) is 0 Å². The van der Waals surface area contributed by atoms with E-state index in [9.17, 15) is 0 Å². The normalized spacial score (nSPS) is 11.4. The van der Waals surface area contributed by atoms with Crippen molar-refractivity contribution in [2.45, 2.75) is 26.3 Å². The lowest BCUT2D eigenvalue weighted by Gasteiger charge is -2.07. The van der Waals surface area contributed by atoms with E-state index < -0.39 is 0 Å². The molecule has 0 aliphatic heterocycles. The van der Waals surface area contributed by atoms with Gasteiger partial charge in [0.1, 0.15) is 5.75 Å². The lowest BCUT2D eigenvalue weighted by atomic mass is 9.99. The third-order valence-corrected chi connectivity index (χ3v) is 3.06. The van der Waals surface area contributed by atoms with Gasteiger partial charge in [-0.25, -0.2) is 0 Å². The minimum Gasteiger partial charge on any atom is -0.497 e. The first-order valence-corrected chi connectivity index (χ1v) is 6.00. The van der Waals surface area contributed by atoms with Crippen LogP contribution >= 0.6 is 0 Å². The van der Waals surface area contributed by atoms with Crippen molar-refractivity contribution in [2.24, 2.45) is 0 Å². The second-order valence-corrected chi connectivity index (χ2v) is 4.61. The first-order valence-electron chi connectivity index (χ1n) is 6.00. The molecular formula is C14H20N2O. The number of hydrogen-bond donors (Lipinski definition) is 2. The maximum atomic E-state index is 5.26. The summed E-state index contributed by atoms with van der Waals surface area (Å²) in [5.74, 6) is 1.41. The van der Waals surface area contributed by atoms with E-state index in [1.807, 2.05) is 13.1 Å². The highest BCUT2D eigenvalue weighted by Crippen LogP contribution is 2.31. The van der Waals surface area contributed by atoms with Gasteiger partial charge in [0, 0.05) is 29.2 Å². The maximum Gasteiger partial charge on any atom is 0.120 e. The molecule has 1 heterocycles. The van der Waals surface area contributed by atoms with Gasteiger partial charge in [0.05, 0.1) is 7.11 Å². The molecule has 0 fully saturated rings. The van der Waals surface area contributed by atoms with Crippen molar-refractivity contribution < 1.29 is 4.74 Å². The second kappa shape index (κ2) is 4.80. The van der Waals surface area contributed by atoms with E-state index in [0.29, 0.717) is 5.92 Å². The lowest BCUT2D eigenvalue weighted by Crippen LogP contribution is -2.07. The van der Waals surface area contributed by atoms with Gasteiger partial charge in [-0.2, -0.15) is 0 Å². The summed E-state index contributed by atoms with van der Waals surface area (Å²) < 4.78 is 5.26. The Morgan fingerprint density at radius 3 is 2.71 bits per heavy atom. The highest BCUT2D eigenvalue weighted by molar-refractivity contribution is 5.86. The first-order chi connectivity index (χ1) is 8.17. The minimum absolute atomic E-state index is 0.514. The van der Waals surface area contributed by atoms with Crippen LogP contribution in [0.5, 0.6) is 5.75 Å². The van der Waals surface area contributed by atoms with Crippen LogP contribution in [0.2, 0.25) is 0 Å². The van der Waals surface area contributed by atoms with Crippen molar-refractivity contribution >= 4 is 10.9 Å². The van der Waals surface area contributed by atoms with Crippen LogP contribution in [0.25, 0.3) is 10.9 Å². The molecule has 0 unspecified atom stereocenters. The van der Waals surface area contributed by atoms with Gasteiger partial charge in [-0.1, -0.05) is 13.8 Å². The van der Waals surface area contributed by atoms with E-state index in [0.717, 1.165) is 17.8 Å². The highest BCUT2D eigenvalue weighted by Gasteiger charge is 2.14. The van der Waals surface area contributed by atoms with Crippen LogP contribution in [0.1, 0.15) is 31.0 Å². The monoisotopic (exact) mass is 232 g/mol. The molecule has 92 valence electrons. The molecule has 1 aromatic carbocycles. The molecule has 0 atom stereocenters. The summed E-state index contributed by atoms with van der Waals surface area (Å²) in [6.07, 6.45) is 0. The summed E-state index contributed by atoms with van der Waals surface area (Å²) in [5, 5.41) is 4.50. The molecule has 3 nitrogen and oxygen atoms in total. The Morgan fingerprint density at radius 1 is 1.35 bits per heavy atom. The van der Waals surface area contributed by atoms with Crippen LogP contribution in [-0.2, 0) is 6.54 Å². The fourth-order valence-electron chi connectivity index (χ4n) is 2.36. The second-order valence-electron chi connectivity index (χ2n) is 4.61. The zero-order valence-corrected chi connectivity index (χ0v) is 10.9. The summed E-state index contributed by atoms with van der Waals surface area (Å²) in [7, 11) is 3.66. The smallest absolute Gasteiger partial charge is 0.120 e. The number of rotatable bonds is 4. The van der Waals surface area contributed by atoms with Gasteiger partial charge in [0.25, 0.3) is 0 Å². The average Bonchev–Trinajstić information content (AvgIpc) is 2.66. The van der Waals surface area contributed by atoms with Gasteiger partial charge in [-0.3, -0.25) is 0 Å². The number of H-pyrrole nitrogens is 1. The van der Waals surface area contributed by atoms with Crippen molar-refractivity contribution in [2.75, 3.05) is 14.2 Å². The molecule has 0 amide bonds. The Morgan fingerprint density at radius 2 is 2.12 bits per heavy atom. The molecule has 3 heteroatoms. The van der Waals surface area contributed by atoms with Crippen LogP contribution in [-0.4, -0.2) is 19.1 Å². The molecule has 0 bridgehead atoms. The Kier molecular flexibility index (Phi) is 3.38. The van der Waals surface area contributed by atoms with Crippen molar-refractivity contribution in [3.8, 4) is 5.75 Å². The Labute approximate surface area is 102 Å². The number of hydrogen-bond acceptors (Lipinski definition) is 2. The van der Waals surface area contributed by atoms with E-state index >= 15 is 0 Å². The summed E-state index contributed by atoms with van der Waals surface area (Å²) in [5.41, 5.74) is 3.82. The molecular weight excluding hydrogens is 212 g/mol. The van der Waals surface area contributed by atoms with Gasteiger partial charge in [0.15, 0.2) is 0 Å². The molecule has 0 aliphatic rings. The van der Waals surface area contributed by atoms with Crippen molar-refractivity contribution in [3.63, 3.8) is 0 Å². The fourth-order valence-corrected chi connectivity index (χ4v) is 2.36. The average molecular weight is 232 g/mol. The third-order valence-electron chi connectivity index (χ3n) is 3.06. The Hall–Kier alpha value is -1.48. The molecule has 0 saturated carbocycles. The highest BCUT2D eigenvalue weighted by atomic mass is 16.5. The molecule has 1 aromatic heterocycles.